The van der Waals surface area contributed by atoms with Crippen molar-refractivity contribution in [2.75, 3.05) is 13.1 Å². The number of hydrogen-bond donors (Lipinski definition) is 1. The van der Waals surface area contributed by atoms with Crippen LogP contribution in [-0.4, -0.2) is 40.4 Å². The lowest BCUT2D eigenvalue weighted by Gasteiger charge is -2.39. The Morgan fingerprint density at radius 2 is 2.00 bits per heavy atom. The number of likely N-dealkylation sites (tertiary alicyclic amines) is 1. The summed E-state index contributed by atoms with van der Waals surface area (Å²) in [5.74, 6) is 0.690. The maximum Gasteiger partial charge on any atom is 0.410 e. The van der Waals surface area contributed by atoms with E-state index in [1.165, 1.54) is 0 Å². The molecule has 0 bridgehead atoms. The van der Waals surface area contributed by atoms with Gasteiger partial charge in [-0.05, 0) is 51.9 Å². The van der Waals surface area contributed by atoms with Gasteiger partial charge in [-0.1, -0.05) is 6.92 Å². The van der Waals surface area contributed by atoms with E-state index < -0.39 is 11.2 Å². The van der Waals surface area contributed by atoms with Gasteiger partial charge in [0.1, 0.15) is 5.60 Å². The standard InChI is InChI=1S/C14H25NO3/c1-10-9-15(12(16)18-13(2,3)4)8-5-11(10)14(17)6-7-14/h10-11,17H,5-9H2,1-4H3. The summed E-state index contributed by atoms with van der Waals surface area (Å²) in [6, 6.07) is 0. The van der Waals surface area contributed by atoms with Crippen molar-refractivity contribution in [2.24, 2.45) is 11.8 Å². The van der Waals surface area contributed by atoms with Gasteiger partial charge in [0.2, 0.25) is 0 Å². The summed E-state index contributed by atoms with van der Waals surface area (Å²) >= 11 is 0. The second-order valence-corrected chi connectivity index (χ2v) is 6.90. The maximum absolute atomic E-state index is 12.0. The predicted octanol–water partition coefficient (Wildman–Crippen LogP) is 2.40. The van der Waals surface area contributed by atoms with Crippen LogP contribution in [0.4, 0.5) is 4.79 Å². The number of piperidine rings is 1. The zero-order chi connectivity index (χ0) is 13.6. The lowest BCUT2D eigenvalue weighted by atomic mass is 9.81. The number of rotatable bonds is 1. The van der Waals surface area contributed by atoms with Crippen LogP contribution in [0.25, 0.3) is 0 Å². The third kappa shape index (κ3) is 2.97. The smallest absolute Gasteiger partial charge is 0.410 e. The monoisotopic (exact) mass is 255 g/mol. The SMILES string of the molecule is CC1CN(C(=O)OC(C)(C)C)CCC1C1(O)CC1. The van der Waals surface area contributed by atoms with Crippen molar-refractivity contribution in [3.05, 3.63) is 0 Å². The fourth-order valence-corrected chi connectivity index (χ4v) is 2.94. The fourth-order valence-electron chi connectivity index (χ4n) is 2.94. The minimum Gasteiger partial charge on any atom is -0.444 e. The lowest BCUT2D eigenvalue weighted by Crippen LogP contribution is -2.48. The van der Waals surface area contributed by atoms with Crippen LogP contribution in [0.15, 0.2) is 0 Å². The van der Waals surface area contributed by atoms with Gasteiger partial charge in [-0.25, -0.2) is 4.79 Å². The number of nitrogens with zero attached hydrogens (tertiary/aromatic N) is 1. The Morgan fingerprint density at radius 3 is 2.44 bits per heavy atom. The molecule has 2 rings (SSSR count). The second-order valence-electron chi connectivity index (χ2n) is 6.90. The van der Waals surface area contributed by atoms with Crippen molar-refractivity contribution in [1.29, 1.82) is 0 Å². The summed E-state index contributed by atoms with van der Waals surface area (Å²) in [7, 11) is 0. The molecule has 1 heterocycles. The first kappa shape index (κ1) is 13.7. The van der Waals surface area contributed by atoms with E-state index in [1.54, 1.807) is 4.90 Å². The molecule has 1 aliphatic heterocycles. The first-order valence-electron chi connectivity index (χ1n) is 6.92. The van der Waals surface area contributed by atoms with Gasteiger partial charge in [0.25, 0.3) is 0 Å². The van der Waals surface area contributed by atoms with Gasteiger partial charge in [-0.2, -0.15) is 0 Å². The van der Waals surface area contributed by atoms with Crippen LogP contribution < -0.4 is 0 Å². The van der Waals surface area contributed by atoms with E-state index in [0.717, 1.165) is 19.3 Å². The van der Waals surface area contributed by atoms with Gasteiger partial charge in [0, 0.05) is 13.1 Å². The molecule has 4 heteroatoms. The molecule has 2 fully saturated rings. The zero-order valence-corrected chi connectivity index (χ0v) is 11.9. The Balaban J connectivity index is 1.90. The normalized spacial score (nSPS) is 31.1. The van der Waals surface area contributed by atoms with E-state index in [4.69, 9.17) is 4.74 Å². The van der Waals surface area contributed by atoms with Crippen LogP contribution in [0.3, 0.4) is 0 Å². The molecule has 0 radical (unpaired) electrons. The summed E-state index contributed by atoms with van der Waals surface area (Å²) in [5, 5.41) is 10.2. The van der Waals surface area contributed by atoms with E-state index in [2.05, 4.69) is 6.92 Å². The molecule has 1 N–H and O–H groups in total. The van der Waals surface area contributed by atoms with Crippen molar-refractivity contribution in [3.63, 3.8) is 0 Å². The van der Waals surface area contributed by atoms with E-state index in [1.807, 2.05) is 20.8 Å². The molecule has 4 nitrogen and oxygen atoms in total. The molecule has 0 aromatic heterocycles. The van der Waals surface area contributed by atoms with E-state index in [-0.39, 0.29) is 6.09 Å². The highest BCUT2D eigenvalue weighted by Gasteiger charge is 2.51. The van der Waals surface area contributed by atoms with E-state index >= 15 is 0 Å². The molecular formula is C14H25NO3. The molecule has 0 aromatic rings. The number of amides is 1. The molecule has 104 valence electrons. The summed E-state index contributed by atoms with van der Waals surface area (Å²) in [4.78, 5) is 13.7. The summed E-state index contributed by atoms with van der Waals surface area (Å²) in [5.41, 5.74) is -0.870. The first-order chi connectivity index (χ1) is 8.21. The summed E-state index contributed by atoms with van der Waals surface area (Å²) in [6.45, 7) is 9.17. The van der Waals surface area contributed by atoms with E-state index in [0.29, 0.717) is 24.9 Å². The number of carbonyl (C=O) groups is 1. The minimum atomic E-state index is -0.439. The highest BCUT2D eigenvalue weighted by Crippen LogP contribution is 2.48. The highest BCUT2D eigenvalue weighted by molar-refractivity contribution is 5.68. The van der Waals surface area contributed by atoms with Crippen molar-refractivity contribution >= 4 is 6.09 Å². The quantitative estimate of drug-likeness (QED) is 0.782. The van der Waals surface area contributed by atoms with Crippen molar-refractivity contribution < 1.29 is 14.6 Å². The third-order valence-electron chi connectivity index (χ3n) is 4.01. The molecule has 0 aromatic carbocycles. The highest BCUT2D eigenvalue weighted by atomic mass is 16.6. The Kier molecular flexibility index (Phi) is 3.34. The molecule has 1 aliphatic carbocycles. The van der Waals surface area contributed by atoms with Crippen LogP contribution in [-0.2, 0) is 4.74 Å². The average molecular weight is 255 g/mol. The molecule has 1 saturated carbocycles. The zero-order valence-electron chi connectivity index (χ0n) is 11.9. The average Bonchev–Trinajstić information content (AvgIpc) is 2.94. The van der Waals surface area contributed by atoms with Crippen molar-refractivity contribution in [1.82, 2.24) is 4.90 Å². The topological polar surface area (TPSA) is 49.8 Å². The van der Waals surface area contributed by atoms with Crippen LogP contribution in [0.5, 0.6) is 0 Å². The third-order valence-corrected chi connectivity index (χ3v) is 4.01. The molecule has 0 spiro atoms. The lowest BCUT2D eigenvalue weighted by molar-refractivity contribution is -0.0156. The van der Waals surface area contributed by atoms with Gasteiger partial charge in [0.15, 0.2) is 0 Å². The summed E-state index contributed by atoms with van der Waals surface area (Å²) in [6.07, 6.45) is 2.51. The van der Waals surface area contributed by atoms with Gasteiger partial charge in [-0.3, -0.25) is 0 Å². The molecule has 18 heavy (non-hydrogen) atoms. The Hall–Kier alpha value is -0.770. The maximum atomic E-state index is 12.0. The molecule has 2 aliphatic rings. The van der Waals surface area contributed by atoms with Gasteiger partial charge < -0.3 is 14.7 Å². The first-order valence-corrected chi connectivity index (χ1v) is 6.92. The summed E-state index contributed by atoms with van der Waals surface area (Å²) < 4.78 is 5.39. The van der Waals surface area contributed by atoms with Crippen LogP contribution >= 0.6 is 0 Å². The van der Waals surface area contributed by atoms with Crippen molar-refractivity contribution in [3.8, 4) is 0 Å². The number of carbonyl (C=O) groups excluding carboxylic acids is 1. The largest absolute Gasteiger partial charge is 0.444 e. The Morgan fingerprint density at radius 1 is 1.39 bits per heavy atom. The Labute approximate surface area is 109 Å². The second kappa shape index (κ2) is 4.41. The molecular weight excluding hydrogens is 230 g/mol. The molecule has 1 saturated heterocycles. The van der Waals surface area contributed by atoms with Crippen LogP contribution in [0, 0.1) is 11.8 Å². The number of aliphatic hydroxyl groups is 1. The van der Waals surface area contributed by atoms with Crippen LogP contribution in [0.2, 0.25) is 0 Å². The van der Waals surface area contributed by atoms with Gasteiger partial charge in [0.05, 0.1) is 5.60 Å². The van der Waals surface area contributed by atoms with Crippen LogP contribution in [0.1, 0.15) is 47.0 Å². The minimum absolute atomic E-state index is 0.226. The molecule has 2 atom stereocenters. The van der Waals surface area contributed by atoms with Gasteiger partial charge in [-0.15, -0.1) is 0 Å². The fraction of sp³-hybridized carbons (Fsp3) is 0.929. The Bertz CT molecular complexity index is 330. The number of hydrogen-bond acceptors (Lipinski definition) is 3. The number of ether oxygens (including phenoxy) is 1. The predicted molar refractivity (Wildman–Crippen MR) is 69.3 cm³/mol. The van der Waals surface area contributed by atoms with Crippen molar-refractivity contribution in [2.45, 2.75) is 58.2 Å². The molecule has 1 amide bonds. The van der Waals surface area contributed by atoms with E-state index in [9.17, 15) is 9.90 Å². The van der Waals surface area contributed by atoms with Gasteiger partial charge >= 0.3 is 6.09 Å². The molecule has 2 unspecified atom stereocenters.